The first-order valence-corrected chi connectivity index (χ1v) is 49.7. The first kappa shape index (κ1) is 85.2. The lowest BCUT2D eigenvalue weighted by molar-refractivity contribution is 0.276. The zero-order valence-corrected chi connectivity index (χ0v) is 73.9. The molecule has 0 aliphatic rings. The molecule has 13 aromatic rings. The van der Waals surface area contributed by atoms with E-state index in [9.17, 15) is 0 Å². The van der Waals surface area contributed by atoms with Gasteiger partial charge in [-0.15, -0.1) is 0 Å². The summed E-state index contributed by atoms with van der Waals surface area (Å²) in [6, 6.07) is 33.1. The molecule has 0 saturated carbocycles. The average molecular weight is 1520 g/mol. The third-order valence-corrected chi connectivity index (χ3v) is 28.3. The van der Waals surface area contributed by atoms with Crippen molar-refractivity contribution in [2.75, 3.05) is 6.61 Å². The maximum atomic E-state index is 7.41. The van der Waals surface area contributed by atoms with Crippen LogP contribution < -0.4 is 4.74 Å². The Labute approximate surface area is 688 Å². The van der Waals surface area contributed by atoms with E-state index in [1.54, 1.807) is 75.9 Å². The Morgan fingerprint density at radius 3 is 0.549 bits per heavy atom. The summed E-state index contributed by atoms with van der Waals surface area (Å²) in [6.45, 7) is 19.8. The van der Waals surface area contributed by atoms with Crippen molar-refractivity contribution in [3.8, 4) is 5.75 Å². The van der Waals surface area contributed by atoms with E-state index >= 15 is 0 Å². The number of fused-ring (bicyclic) bond motifs is 6. The van der Waals surface area contributed by atoms with Gasteiger partial charge >= 0.3 is 0 Å². The fourth-order valence-corrected chi connectivity index (χ4v) is 21.8. The Balaban J connectivity index is 1.03. The zero-order valence-electron chi connectivity index (χ0n) is 73.9. The van der Waals surface area contributed by atoms with Gasteiger partial charge < -0.3 is 4.74 Å². The van der Waals surface area contributed by atoms with Crippen molar-refractivity contribution in [1.82, 2.24) is 0 Å². The average Bonchev–Trinajstić information content (AvgIpc) is 0.642. The van der Waals surface area contributed by atoms with Crippen LogP contribution in [0.15, 0.2) is 72.8 Å². The van der Waals surface area contributed by atoms with Crippen molar-refractivity contribution in [2.45, 2.75) is 434 Å². The highest BCUT2D eigenvalue weighted by Crippen LogP contribution is 2.61. The second-order valence-corrected chi connectivity index (χ2v) is 38.2. The molecule has 0 radical (unpaired) electrons. The molecule has 0 aliphatic heterocycles. The van der Waals surface area contributed by atoms with Crippen molar-refractivity contribution in [1.29, 1.82) is 0 Å². The maximum absolute atomic E-state index is 7.41. The monoisotopic (exact) mass is 1520 g/mol. The van der Waals surface area contributed by atoms with Gasteiger partial charge in [0.05, 0.1) is 6.61 Å². The van der Waals surface area contributed by atoms with Gasteiger partial charge in [-0.1, -0.05) is 424 Å². The molecule has 0 fully saturated rings. The molecule has 13 aromatic carbocycles. The van der Waals surface area contributed by atoms with Gasteiger partial charge in [0.1, 0.15) is 5.75 Å². The summed E-state index contributed by atoms with van der Waals surface area (Å²) in [5.74, 6) is 2.46. The van der Waals surface area contributed by atoms with Crippen LogP contribution in [-0.4, -0.2) is 6.61 Å². The standard InChI is InChI=1S/C112H158O/c1-9-14-19-24-29-34-39-44-49-54-62-83-69-89-91-71-84(63-55-50-45-40-35-30-25-20-15-10-2)73-93-95-75-86(65-57-52-47-42-37-32-27-22-17-12-4)77-97-99-79-88(113-68-67-82(8)61-59-60-81(6)7)80-100-98-78-87(66-58-53-48-43-38-33-28-23-18-13-5)76-96-94-74-85(64-56-51-46-41-36-31-26-21-16-11-3)72-92-90(70-83)101(89)107-108(102(91)93)110(104(95)97)112(106(99)100)111(105(96)98)109(107)103(92)94/h69-82H,9-68H2,1-8H3/t82-/m1/s1. The lowest BCUT2D eigenvalue weighted by Crippen LogP contribution is -2.05. The molecule has 113 heavy (non-hydrogen) atoms. The van der Waals surface area contributed by atoms with Gasteiger partial charge in [-0.3, -0.25) is 0 Å². The van der Waals surface area contributed by atoms with E-state index in [2.05, 4.69) is 128 Å². The zero-order chi connectivity index (χ0) is 78.1. The quantitative estimate of drug-likeness (QED) is 0.0210. The molecule has 1 nitrogen and oxygen atoms in total. The van der Waals surface area contributed by atoms with Gasteiger partial charge in [-0.2, -0.15) is 0 Å². The predicted molar refractivity (Wildman–Crippen MR) is 509 cm³/mol. The molecule has 13 rings (SSSR count). The lowest BCUT2D eigenvalue weighted by Gasteiger charge is -2.30. The molecule has 0 bridgehead atoms. The number of hydrogen-bond acceptors (Lipinski definition) is 1. The van der Waals surface area contributed by atoms with Crippen molar-refractivity contribution < 1.29 is 4.74 Å². The van der Waals surface area contributed by atoms with Crippen LogP contribution >= 0.6 is 0 Å². The van der Waals surface area contributed by atoms with E-state index in [1.807, 2.05) is 0 Å². The fourth-order valence-electron chi connectivity index (χ4n) is 21.8. The van der Waals surface area contributed by atoms with E-state index in [0.717, 1.165) is 56.8 Å². The smallest absolute Gasteiger partial charge is 0.120 e. The first-order chi connectivity index (χ1) is 55.7. The number of hydrogen-bond donors (Lipinski definition) is 0. The van der Waals surface area contributed by atoms with Crippen LogP contribution in [-0.2, 0) is 32.1 Å². The molecule has 612 valence electrons. The largest absolute Gasteiger partial charge is 0.494 e. The van der Waals surface area contributed by atoms with Gasteiger partial charge in [-0.05, 0) is 252 Å². The third-order valence-electron chi connectivity index (χ3n) is 28.3. The summed E-state index contributed by atoms with van der Waals surface area (Å²) < 4.78 is 7.41. The van der Waals surface area contributed by atoms with Crippen LogP contribution in [0.3, 0.4) is 0 Å². The summed E-state index contributed by atoms with van der Waals surface area (Å²) in [7, 11) is 0. The summed E-state index contributed by atoms with van der Waals surface area (Å²) in [6.07, 6.45) is 79.0. The molecule has 1 atom stereocenters. The van der Waals surface area contributed by atoms with E-state index in [0.29, 0.717) is 5.92 Å². The Bertz CT molecular complexity index is 4600. The third kappa shape index (κ3) is 21.1. The van der Waals surface area contributed by atoms with E-state index in [4.69, 9.17) is 4.74 Å². The molecule has 0 spiro atoms. The topological polar surface area (TPSA) is 9.23 Å². The summed E-state index contributed by atoms with van der Waals surface area (Å²) >= 11 is 0. The van der Waals surface area contributed by atoms with Crippen LogP contribution in [0.2, 0.25) is 0 Å². The molecular weight excluding hydrogens is 1360 g/mol. The molecule has 1 heteroatoms. The number of unbranched alkanes of at least 4 members (excludes halogenated alkanes) is 45. The second-order valence-electron chi connectivity index (χ2n) is 38.2. The highest BCUT2D eigenvalue weighted by atomic mass is 16.5. The first-order valence-electron chi connectivity index (χ1n) is 49.7. The lowest BCUT2D eigenvalue weighted by atomic mass is 9.72. The number of aryl methyl sites for hydroxylation is 5. The highest BCUT2D eigenvalue weighted by molar-refractivity contribution is 6.61. The molecule has 0 amide bonds. The van der Waals surface area contributed by atoms with Crippen LogP contribution in [0.4, 0.5) is 0 Å². The molecule has 0 N–H and O–H groups in total. The van der Waals surface area contributed by atoms with Crippen LogP contribution in [0, 0.1) is 11.8 Å². The van der Waals surface area contributed by atoms with Crippen molar-refractivity contribution in [3.05, 3.63) is 101 Å². The minimum absolute atomic E-state index is 0.632. The second kappa shape index (κ2) is 44.2. The molecule has 0 aliphatic carbocycles. The highest BCUT2D eigenvalue weighted by Gasteiger charge is 2.33. The maximum Gasteiger partial charge on any atom is 0.120 e. The minimum atomic E-state index is 0.632. The number of ether oxygens (including phenoxy) is 1. The summed E-state index contributed by atoms with van der Waals surface area (Å²) in [4.78, 5) is 0. The summed E-state index contributed by atoms with van der Waals surface area (Å²) in [5.41, 5.74) is 7.76. The van der Waals surface area contributed by atoms with Gasteiger partial charge in [0.2, 0.25) is 0 Å². The molecule has 0 saturated heterocycles. The summed E-state index contributed by atoms with van der Waals surface area (Å²) in [5, 5.41) is 36.7. The van der Waals surface area contributed by atoms with Gasteiger partial charge in [-0.25, -0.2) is 0 Å². The van der Waals surface area contributed by atoms with Crippen LogP contribution in [0.1, 0.15) is 430 Å². The van der Waals surface area contributed by atoms with Crippen molar-refractivity contribution >= 4 is 129 Å². The van der Waals surface area contributed by atoms with Crippen molar-refractivity contribution in [2.24, 2.45) is 11.8 Å². The van der Waals surface area contributed by atoms with Gasteiger partial charge in [0, 0.05) is 0 Å². The van der Waals surface area contributed by atoms with Crippen LogP contribution in [0.25, 0.3) is 129 Å². The Kier molecular flexibility index (Phi) is 33.4. The van der Waals surface area contributed by atoms with E-state index in [1.165, 1.54) is 421 Å². The van der Waals surface area contributed by atoms with Gasteiger partial charge in [0.25, 0.3) is 0 Å². The number of rotatable bonds is 63. The van der Waals surface area contributed by atoms with Crippen molar-refractivity contribution in [3.63, 3.8) is 0 Å². The molecule has 0 heterocycles. The minimum Gasteiger partial charge on any atom is -0.494 e. The normalized spacial score (nSPS) is 13.0. The Morgan fingerprint density at radius 1 is 0.186 bits per heavy atom. The van der Waals surface area contributed by atoms with E-state index in [-0.39, 0.29) is 0 Å². The molecule has 0 unspecified atom stereocenters. The van der Waals surface area contributed by atoms with Crippen LogP contribution in [0.5, 0.6) is 5.75 Å². The predicted octanol–water partition coefficient (Wildman–Crippen LogP) is 37.7. The van der Waals surface area contributed by atoms with Gasteiger partial charge in [0.15, 0.2) is 0 Å². The Morgan fingerprint density at radius 2 is 0.363 bits per heavy atom. The number of benzene rings is 13. The molecular formula is C112H158O. The molecule has 0 aromatic heterocycles. The Hall–Kier alpha value is -5.66. The SMILES string of the molecule is CCCCCCCCCCCCc1cc2c3cc(CCCCCCCCCCCC)cc4c5cc(CCCCCCCCCCCC)cc6c7cc(OCC[C@H](C)CCCC(C)C)cc8c9cc(CCCCCCCCCCCC)cc%10c%11cc(CCCCCCCCCCCC)cc%12c(c1)c2c1c(c34)c(c56)c(c78)c(c%109)c1c%12%11. The fraction of sp³-hybridized carbons (Fsp3) is 0.625. The van der Waals surface area contributed by atoms with E-state index < -0.39 is 0 Å².